The van der Waals surface area contributed by atoms with Gasteiger partial charge in [-0.3, -0.25) is 4.79 Å². The number of carbonyl (C=O) groups excluding carboxylic acids is 1. The van der Waals surface area contributed by atoms with Gasteiger partial charge >= 0.3 is 0 Å². The van der Waals surface area contributed by atoms with Gasteiger partial charge in [0, 0.05) is 17.8 Å². The number of hydrogen-bond donors (Lipinski definition) is 2. The summed E-state index contributed by atoms with van der Waals surface area (Å²) in [5.41, 5.74) is 1.17. The summed E-state index contributed by atoms with van der Waals surface area (Å²) in [6.07, 6.45) is 5.26. The quantitative estimate of drug-likeness (QED) is 0.792. The minimum Gasteiger partial charge on any atom is -0.495 e. The number of anilines is 1. The van der Waals surface area contributed by atoms with E-state index in [-0.39, 0.29) is 22.3 Å². The zero-order valence-electron chi connectivity index (χ0n) is 15.4. The summed E-state index contributed by atoms with van der Waals surface area (Å²) >= 11 is 0. The molecule has 0 radical (unpaired) electrons. The van der Waals surface area contributed by atoms with Crippen molar-refractivity contribution in [2.75, 3.05) is 12.4 Å². The van der Waals surface area contributed by atoms with E-state index in [4.69, 9.17) is 4.74 Å². The minimum atomic E-state index is -3.79. The topological polar surface area (TPSA) is 97.4 Å². The Labute approximate surface area is 159 Å². The maximum atomic E-state index is 12.8. The summed E-state index contributed by atoms with van der Waals surface area (Å²) in [6.45, 7) is 1.89. The van der Waals surface area contributed by atoms with Gasteiger partial charge in [-0.2, -0.15) is 0 Å². The third-order valence-electron chi connectivity index (χ3n) is 4.55. The molecule has 1 fully saturated rings. The largest absolute Gasteiger partial charge is 0.495 e. The molecular formula is C19H23N3O4S. The Morgan fingerprint density at radius 2 is 1.93 bits per heavy atom. The number of pyridine rings is 1. The van der Waals surface area contributed by atoms with E-state index < -0.39 is 15.9 Å². The molecule has 0 spiro atoms. The van der Waals surface area contributed by atoms with Crippen LogP contribution in [0, 0.1) is 6.92 Å². The van der Waals surface area contributed by atoms with Gasteiger partial charge in [0.1, 0.15) is 16.5 Å². The molecule has 1 aromatic carbocycles. The maximum absolute atomic E-state index is 12.8. The van der Waals surface area contributed by atoms with Gasteiger partial charge in [-0.05, 0) is 55.7 Å². The van der Waals surface area contributed by atoms with Crippen LogP contribution in [0.1, 0.15) is 41.6 Å². The molecule has 1 saturated carbocycles. The predicted molar refractivity (Wildman–Crippen MR) is 102 cm³/mol. The van der Waals surface area contributed by atoms with Crippen LogP contribution in [-0.2, 0) is 10.0 Å². The zero-order valence-corrected chi connectivity index (χ0v) is 16.2. The summed E-state index contributed by atoms with van der Waals surface area (Å²) in [7, 11) is -2.39. The lowest BCUT2D eigenvalue weighted by atomic mass is 10.2. The fourth-order valence-electron chi connectivity index (χ4n) is 3.15. The molecule has 2 aromatic rings. The van der Waals surface area contributed by atoms with Gasteiger partial charge in [-0.25, -0.2) is 18.1 Å². The lowest BCUT2D eigenvalue weighted by Crippen LogP contribution is -2.33. The molecule has 1 amide bonds. The lowest BCUT2D eigenvalue weighted by Gasteiger charge is -2.15. The third kappa shape index (κ3) is 4.64. The van der Waals surface area contributed by atoms with Crippen molar-refractivity contribution in [2.24, 2.45) is 0 Å². The molecule has 0 unspecified atom stereocenters. The van der Waals surface area contributed by atoms with Gasteiger partial charge < -0.3 is 10.1 Å². The Hall–Kier alpha value is -2.45. The average Bonchev–Trinajstić information content (AvgIpc) is 3.13. The first-order chi connectivity index (χ1) is 12.9. The molecule has 1 aromatic heterocycles. The number of benzene rings is 1. The number of hydrogen-bond acceptors (Lipinski definition) is 5. The van der Waals surface area contributed by atoms with Crippen molar-refractivity contribution in [2.45, 2.75) is 43.5 Å². The number of methoxy groups -OCH3 is 1. The second-order valence-electron chi connectivity index (χ2n) is 6.64. The van der Waals surface area contributed by atoms with Crippen LogP contribution < -0.4 is 14.8 Å². The van der Waals surface area contributed by atoms with Crippen molar-refractivity contribution < 1.29 is 17.9 Å². The van der Waals surface area contributed by atoms with Gasteiger partial charge in [0.25, 0.3) is 5.91 Å². The lowest BCUT2D eigenvalue weighted by molar-refractivity contribution is 0.102. The number of amides is 1. The van der Waals surface area contributed by atoms with Crippen molar-refractivity contribution in [3.8, 4) is 5.75 Å². The molecule has 1 heterocycles. The van der Waals surface area contributed by atoms with E-state index in [9.17, 15) is 13.2 Å². The SMILES string of the molecule is COc1ccc(C(=O)Nc2cc(C)ccn2)cc1S(=O)(=O)NC1CCCC1. The standard InChI is InChI=1S/C19H23N3O4S/c1-13-9-10-20-18(11-13)21-19(23)14-7-8-16(26-2)17(12-14)27(24,25)22-15-5-3-4-6-15/h7-12,15,22H,3-6H2,1-2H3,(H,20,21,23). The Morgan fingerprint density at radius 3 is 2.59 bits per heavy atom. The summed E-state index contributed by atoms with van der Waals surface area (Å²) in [6, 6.07) is 7.83. The smallest absolute Gasteiger partial charge is 0.256 e. The van der Waals surface area contributed by atoms with Crippen molar-refractivity contribution in [1.29, 1.82) is 0 Å². The Bertz CT molecular complexity index is 938. The van der Waals surface area contributed by atoms with E-state index in [0.717, 1.165) is 31.2 Å². The van der Waals surface area contributed by atoms with Crippen molar-refractivity contribution in [1.82, 2.24) is 9.71 Å². The van der Waals surface area contributed by atoms with Crippen molar-refractivity contribution in [3.63, 3.8) is 0 Å². The van der Waals surface area contributed by atoms with Crippen molar-refractivity contribution >= 4 is 21.7 Å². The fourth-order valence-corrected chi connectivity index (χ4v) is 4.65. The van der Waals surface area contributed by atoms with E-state index in [0.29, 0.717) is 5.82 Å². The number of aromatic nitrogens is 1. The van der Waals surface area contributed by atoms with Crippen LogP contribution in [0.2, 0.25) is 0 Å². The van der Waals surface area contributed by atoms with E-state index in [1.807, 2.05) is 13.0 Å². The van der Waals surface area contributed by atoms with E-state index in [2.05, 4.69) is 15.0 Å². The van der Waals surface area contributed by atoms with E-state index >= 15 is 0 Å². The van der Waals surface area contributed by atoms with Crippen LogP contribution in [0.15, 0.2) is 41.4 Å². The van der Waals surface area contributed by atoms with E-state index in [1.165, 1.54) is 25.3 Å². The molecular weight excluding hydrogens is 366 g/mol. The number of aryl methyl sites for hydroxylation is 1. The number of carbonyl (C=O) groups is 1. The molecule has 27 heavy (non-hydrogen) atoms. The summed E-state index contributed by atoms with van der Waals surface area (Å²) in [5.74, 6) is 0.170. The van der Waals surface area contributed by atoms with Gasteiger partial charge in [0.05, 0.1) is 7.11 Å². The number of sulfonamides is 1. The zero-order chi connectivity index (χ0) is 19.4. The molecule has 2 N–H and O–H groups in total. The highest BCUT2D eigenvalue weighted by Gasteiger charge is 2.26. The van der Waals surface area contributed by atoms with Crippen LogP contribution in [0.3, 0.4) is 0 Å². The predicted octanol–water partition coefficient (Wildman–Crippen LogP) is 2.87. The van der Waals surface area contributed by atoms with Gasteiger partial charge in [0.15, 0.2) is 0 Å². The molecule has 1 aliphatic carbocycles. The van der Waals surface area contributed by atoms with Crippen LogP contribution in [0.4, 0.5) is 5.82 Å². The second-order valence-corrected chi connectivity index (χ2v) is 8.32. The second kappa shape index (κ2) is 8.06. The van der Waals surface area contributed by atoms with Crippen LogP contribution in [0.5, 0.6) is 5.75 Å². The maximum Gasteiger partial charge on any atom is 0.256 e. The molecule has 0 bridgehead atoms. The monoisotopic (exact) mass is 389 g/mol. The van der Waals surface area contributed by atoms with E-state index in [1.54, 1.807) is 12.3 Å². The molecule has 0 aliphatic heterocycles. The van der Waals surface area contributed by atoms with Crippen LogP contribution in [0.25, 0.3) is 0 Å². The summed E-state index contributed by atoms with van der Waals surface area (Å²) < 4.78 is 33.5. The van der Waals surface area contributed by atoms with Crippen molar-refractivity contribution in [3.05, 3.63) is 47.7 Å². The third-order valence-corrected chi connectivity index (χ3v) is 6.09. The number of nitrogens with one attached hydrogen (secondary N) is 2. The first-order valence-corrected chi connectivity index (χ1v) is 10.3. The number of rotatable bonds is 6. The molecule has 0 atom stereocenters. The summed E-state index contributed by atoms with van der Waals surface area (Å²) in [5, 5.41) is 2.68. The highest BCUT2D eigenvalue weighted by molar-refractivity contribution is 7.89. The van der Waals surface area contributed by atoms with Gasteiger partial charge in [-0.15, -0.1) is 0 Å². The van der Waals surface area contributed by atoms with Gasteiger partial charge in [0.2, 0.25) is 10.0 Å². The normalized spacial score (nSPS) is 14.9. The average molecular weight is 389 g/mol. The number of ether oxygens (including phenoxy) is 1. The highest BCUT2D eigenvalue weighted by Crippen LogP contribution is 2.27. The first kappa shape index (κ1) is 19.3. The Kier molecular flexibility index (Phi) is 5.76. The molecule has 8 heteroatoms. The van der Waals surface area contributed by atoms with Gasteiger partial charge in [-0.1, -0.05) is 12.8 Å². The molecule has 144 valence electrons. The Balaban J connectivity index is 1.87. The molecule has 0 saturated heterocycles. The van der Waals surface area contributed by atoms with Crippen LogP contribution >= 0.6 is 0 Å². The first-order valence-electron chi connectivity index (χ1n) is 8.83. The highest BCUT2D eigenvalue weighted by atomic mass is 32.2. The van der Waals surface area contributed by atoms with Crippen LogP contribution in [-0.4, -0.2) is 32.5 Å². The fraction of sp³-hybridized carbons (Fsp3) is 0.368. The number of nitrogens with zero attached hydrogens (tertiary/aromatic N) is 1. The minimum absolute atomic E-state index is 0.0400. The molecule has 7 nitrogen and oxygen atoms in total. The summed E-state index contributed by atoms with van der Waals surface area (Å²) in [4.78, 5) is 16.6. The molecule has 1 aliphatic rings. The Morgan fingerprint density at radius 1 is 1.19 bits per heavy atom. The molecule has 3 rings (SSSR count).